The molecule has 0 aliphatic heterocycles. The van der Waals surface area contributed by atoms with Gasteiger partial charge in [0, 0.05) is 37.5 Å². The van der Waals surface area contributed by atoms with Crippen LogP contribution in [0, 0.1) is 0 Å². The smallest absolute Gasteiger partial charge is 0.121 e. The van der Waals surface area contributed by atoms with Crippen molar-refractivity contribution in [3.8, 4) is 11.5 Å². The van der Waals surface area contributed by atoms with Gasteiger partial charge in [0.1, 0.15) is 11.5 Å². The molecule has 0 radical (unpaired) electrons. The number of hydrogen-bond acceptors (Lipinski definition) is 3. The fourth-order valence-corrected chi connectivity index (χ4v) is 1.88. The fraction of sp³-hybridized carbons (Fsp3) is 0.571. The van der Waals surface area contributed by atoms with E-state index in [1.165, 1.54) is 31.7 Å². The van der Waals surface area contributed by atoms with Crippen molar-refractivity contribution in [3.63, 3.8) is 0 Å². The minimum atomic E-state index is 0.109. The van der Waals surface area contributed by atoms with Gasteiger partial charge in [-0.2, -0.15) is 0 Å². The highest BCUT2D eigenvalue weighted by Gasteiger charge is 2.04. The van der Waals surface area contributed by atoms with Gasteiger partial charge in [-0.3, -0.25) is 0 Å². The lowest BCUT2D eigenvalue weighted by Crippen LogP contribution is -2.18. The second-order valence-electron chi connectivity index (χ2n) is 4.54. The average molecular weight is 237 g/mol. The van der Waals surface area contributed by atoms with Gasteiger partial charge in [0.15, 0.2) is 0 Å². The Morgan fingerprint density at radius 1 is 0.941 bits per heavy atom. The molecular weight excluding hydrogens is 214 g/mol. The molecule has 0 heterocycles. The quantitative estimate of drug-likeness (QED) is 0.713. The summed E-state index contributed by atoms with van der Waals surface area (Å²) in [6, 6.07) is 4.69. The summed E-state index contributed by atoms with van der Waals surface area (Å²) in [5.74, 6) is 0.218. The van der Waals surface area contributed by atoms with Gasteiger partial charge in [0.25, 0.3) is 0 Å². The highest BCUT2D eigenvalue weighted by Crippen LogP contribution is 2.26. The topological polar surface area (TPSA) is 43.7 Å². The molecule has 0 aromatic heterocycles. The van der Waals surface area contributed by atoms with E-state index in [2.05, 4.69) is 11.8 Å². The Balaban J connectivity index is 2.38. The van der Waals surface area contributed by atoms with Gasteiger partial charge in [0.2, 0.25) is 0 Å². The van der Waals surface area contributed by atoms with E-state index in [-0.39, 0.29) is 11.5 Å². The van der Waals surface area contributed by atoms with Crippen molar-refractivity contribution in [2.45, 2.75) is 39.0 Å². The first-order chi connectivity index (χ1) is 8.13. The van der Waals surface area contributed by atoms with E-state index < -0.39 is 0 Å². The minimum absolute atomic E-state index is 0.109. The number of aromatic hydroxyl groups is 2. The van der Waals surface area contributed by atoms with E-state index in [4.69, 9.17) is 0 Å². The van der Waals surface area contributed by atoms with Crippen LogP contribution >= 0.6 is 0 Å². The molecule has 0 fully saturated rings. The van der Waals surface area contributed by atoms with Crippen LogP contribution in [0.15, 0.2) is 18.2 Å². The molecule has 0 saturated heterocycles. The summed E-state index contributed by atoms with van der Waals surface area (Å²) in [5.41, 5.74) is 0.859. The zero-order valence-electron chi connectivity index (χ0n) is 10.8. The predicted molar refractivity (Wildman–Crippen MR) is 71.8 cm³/mol. The summed E-state index contributed by atoms with van der Waals surface area (Å²) < 4.78 is 0. The lowest BCUT2D eigenvalue weighted by atomic mass is 10.1. The highest BCUT2D eigenvalue weighted by atomic mass is 16.3. The lowest BCUT2D eigenvalue weighted by Gasteiger charge is -2.19. The second-order valence-corrected chi connectivity index (χ2v) is 4.54. The average Bonchev–Trinajstić information content (AvgIpc) is 2.27. The van der Waals surface area contributed by atoms with Crippen LogP contribution in [-0.2, 0) is 0 Å². The molecule has 1 rings (SSSR count). The number of hydrogen-bond donors (Lipinski definition) is 2. The maximum atomic E-state index is 9.40. The van der Waals surface area contributed by atoms with E-state index in [0.717, 1.165) is 18.7 Å². The normalized spacial score (nSPS) is 10.5. The van der Waals surface area contributed by atoms with Crippen LogP contribution in [-0.4, -0.2) is 23.8 Å². The number of rotatable bonds is 7. The monoisotopic (exact) mass is 237 g/mol. The Morgan fingerprint density at radius 3 is 2.12 bits per heavy atom. The third-order valence-corrected chi connectivity index (χ3v) is 2.93. The standard InChI is InChI=1S/C14H23NO2/c1-3-4-5-6-7-8-15(2)12-9-13(16)11-14(17)10-12/h9-11,16-17H,3-8H2,1-2H3. The Kier molecular flexibility index (Phi) is 5.67. The summed E-state index contributed by atoms with van der Waals surface area (Å²) >= 11 is 0. The number of phenolic OH excluding ortho intramolecular Hbond substituents is 2. The van der Waals surface area contributed by atoms with Crippen LogP contribution in [0.4, 0.5) is 5.69 Å². The molecule has 0 bridgehead atoms. The molecule has 1 aromatic carbocycles. The molecule has 0 unspecified atom stereocenters. The zero-order chi connectivity index (χ0) is 12.7. The van der Waals surface area contributed by atoms with E-state index in [1.807, 2.05) is 7.05 Å². The molecule has 0 spiro atoms. The summed E-state index contributed by atoms with van der Waals surface area (Å²) in [6.07, 6.45) is 6.23. The minimum Gasteiger partial charge on any atom is -0.508 e. The molecule has 0 atom stereocenters. The number of phenols is 2. The number of unbranched alkanes of at least 4 members (excludes halogenated alkanes) is 4. The summed E-state index contributed by atoms with van der Waals surface area (Å²) in [5, 5.41) is 18.8. The first-order valence-corrected chi connectivity index (χ1v) is 6.37. The van der Waals surface area contributed by atoms with Crippen molar-refractivity contribution in [2.75, 3.05) is 18.5 Å². The maximum absolute atomic E-state index is 9.40. The van der Waals surface area contributed by atoms with Crippen LogP contribution in [0.5, 0.6) is 11.5 Å². The molecular formula is C14H23NO2. The summed E-state index contributed by atoms with van der Waals surface area (Å²) in [6.45, 7) is 3.16. The largest absolute Gasteiger partial charge is 0.508 e. The SMILES string of the molecule is CCCCCCCN(C)c1cc(O)cc(O)c1. The number of anilines is 1. The van der Waals surface area contributed by atoms with Crippen molar-refractivity contribution in [1.82, 2.24) is 0 Å². The molecule has 17 heavy (non-hydrogen) atoms. The van der Waals surface area contributed by atoms with Crippen molar-refractivity contribution < 1.29 is 10.2 Å². The van der Waals surface area contributed by atoms with Gasteiger partial charge in [0.05, 0.1) is 0 Å². The number of nitrogens with zero attached hydrogens (tertiary/aromatic N) is 1. The zero-order valence-corrected chi connectivity index (χ0v) is 10.8. The van der Waals surface area contributed by atoms with Crippen molar-refractivity contribution in [3.05, 3.63) is 18.2 Å². The van der Waals surface area contributed by atoms with E-state index >= 15 is 0 Å². The van der Waals surface area contributed by atoms with Gasteiger partial charge in [-0.05, 0) is 6.42 Å². The summed E-state index contributed by atoms with van der Waals surface area (Å²) in [4.78, 5) is 2.06. The Hall–Kier alpha value is -1.38. The lowest BCUT2D eigenvalue weighted by molar-refractivity contribution is 0.450. The van der Waals surface area contributed by atoms with Crippen molar-refractivity contribution >= 4 is 5.69 Å². The first kappa shape index (κ1) is 13.7. The Morgan fingerprint density at radius 2 is 1.53 bits per heavy atom. The Bertz CT molecular complexity index is 319. The van der Waals surface area contributed by atoms with Gasteiger partial charge < -0.3 is 15.1 Å². The van der Waals surface area contributed by atoms with Crippen LogP contribution in [0.25, 0.3) is 0 Å². The van der Waals surface area contributed by atoms with Crippen molar-refractivity contribution in [2.24, 2.45) is 0 Å². The molecule has 1 aromatic rings. The second kappa shape index (κ2) is 7.05. The van der Waals surface area contributed by atoms with Gasteiger partial charge in [-0.15, -0.1) is 0 Å². The first-order valence-electron chi connectivity index (χ1n) is 6.37. The highest BCUT2D eigenvalue weighted by molar-refractivity contribution is 5.54. The van der Waals surface area contributed by atoms with E-state index in [0.29, 0.717) is 0 Å². The Labute approximate surface area is 104 Å². The molecule has 2 N–H and O–H groups in total. The third kappa shape index (κ3) is 4.98. The predicted octanol–water partition coefficient (Wildman–Crippen LogP) is 3.50. The van der Waals surface area contributed by atoms with Crippen LogP contribution in [0.2, 0.25) is 0 Å². The fourth-order valence-electron chi connectivity index (χ4n) is 1.88. The molecule has 3 heteroatoms. The number of benzene rings is 1. The third-order valence-electron chi connectivity index (χ3n) is 2.93. The molecule has 0 amide bonds. The molecule has 0 aliphatic rings. The van der Waals surface area contributed by atoms with Gasteiger partial charge in [-0.25, -0.2) is 0 Å². The van der Waals surface area contributed by atoms with Crippen LogP contribution in [0.3, 0.4) is 0 Å². The van der Waals surface area contributed by atoms with Crippen LogP contribution in [0.1, 0.15) is 39.0 Å². The van der Waals surface area contributed by atoms with E-state index in [1.54, 1.807) is 12.1 Å². The van der Waals surface area contributed by atoms with Gasteiger partial charge in [-0.1, -0.05) is 32.6 Å². The maximum Gasteiger partial charge on any atom is 0.121 e. The van der Waals surface area contributed by atoms with Crippen LogP contribution < -0.4 is 4.90 Å². The van der Waals surface area contributed by atoms with E-state index in [9.17, 15) is 10.2 Å². The molecule has 3 nitrogen and oxygen atoms in total. The van der Waals surface area contributed by atoms with Gasteiger partial charge >= 0.3 is 0 Å². The molecule has 96 valence electrons. The molecule has 0 saturated carbocycles. The summed E-state index contributed by atoms with van der Waals surface area (Å²) in [7, 11) is 1.98. The molecule has 0 aliphatic carbocycles. The van der Waals surface area contributed by atoms with Crippen molar-refractivity contribution in [1.29, 1.82) is 0 Å².